The maximum absolute atomic E-state index is 9.10. The third-order valence-corrected chi connectivity index (χ3v) is 2.34. The number of halogens is 1. The number of nitrogens with zero attached hydrogens (tertiary/aromatic N) is 1. The highest BCUT2D eigenvalue weighted by Gasteiger charge is 2.25. The largest absolute Gasteiger partial charge is 0.495 e. The Kier molecular flexibility index (Phi) is 3.47. The topological polar surface area (TPSA) is 68.4 Å². The molecular weight excluding hydrogens is 248 g/mol. The van der Waals surface area contributed by atoms with Crippen LogP contribution < -0.4 is 10.5 Å². The Morgan fingerprint density at radius 1 is 1.71 bits per heavy atom. The molecule has 1 unspecified atom stereocenters. The maximum Gasteiger partial charge on any atom is 0.143 e. The van der Waals surface area contributed by atoms with Crippen LogP contribution in [-0.4, -0.2) is 23.8 Å². The van der Waals surface area contributed by atoms with E-state index in [9.17, 15) is 0 Å². The Hall–Kier alpha value is -0.650. The average molecular weight is 261 g/mol. The van der Waals surface area contributed by atoms with Crippen LogP contribution >= 0.6 is 15.9 Å². The van der Waals surface area contributed by atoms with Crippen molar-refractivity contribution >= 4 is 15.9 Å². The Balaban J connectivity index is 3.20. The Morgan fingerprint density at radius 2 is 2.36 bits per heavy atom. The molecular formula is C9H13BrN2O2. The minimum Gasteiger partial charge on any atom is -0.495 e. The quantitative estimate of drug-likeness (QED) is 0.852. The van der Waals surface area contributed by atoms with Crippen LogP contribution in [0.15, 0.2) is 16.7 Å². The van der Waals surface area contributed by atoms with Gasteiger partial charge in [-0.25, -0.2) is 0 Å². The molecule has 1 rings (SSSR count). The second-order valence-electron chi connectivity index (χ2n) is 3.28. The highest BCUT2D eigenvalue weighted by atomic mass is 79.9. The van der Waals surface area contributed by atoms with E-state index in [1.165, 1.54) is 0 Å². The summed E-state index contributed by atoms with van der Waals surface area (Å²) in [4.78, 5) is 4.13. The number of hydrogen-bond donors (Lipinski definition) is 2. The monoisotopic (exact) mass is 260 g/mol. The molecule has 0 aliphatic heterocycles. The van der Waals surface area contributed by atoms with Crippen molar-refractivity contribution in [3.63, 3.8) is 0 Å². The fourth-order valence-corrected chi connectivity index (χ4v) is 1.39. The Labute approximate surface area is 91.2 Å². The van der Waals surface area contributed by atoms with Gasteiger partial charge in [0, 0.05) is 10.7 Å². The molecule has 1 aromatic rings. The molecule has 0 spiro atoms. The molecule has 0 aliphatic rings. The number of rotatable bonds is 3. The molecule has 0 amide bonds. The zero-order valence-corrected chi connectivity index (χ0v) is 9.71. The van der Waals surface area contributed by atoms with Gasteiger partial charge in [-0.3, -0.25) is 4.98 Å². The van der Waals surface area contributed by atoms with E-state index in [1.807, 2.05) is 0 Å². The molecule has 3 N–H and O–H groups in total. The van der Waals surface area contributed by atoms with Crippen molar-refractivity contribution in [2.75, 3.05) is 13.7 Å². The highest BCUT2D eigenvalue weighted by molar-refractivity contribution is 9.10. The first-order valence-electron chi connectivity index (χ1n) is 4.11. The minimum atomic E-state index is -0.883. The number of methoxy groups -OCH3 is 1. The van der Waals surface area contributed by atoms with Crippen molar-refractivity contribution in [2.45, 2.75) is 12.5 Å². The maximum atomic E-state index is 9.10. The SMILES string of the molecule is COc1cc(Br)cnc1C(C)(N)CO. The van der Waals surface area contributed by atoms with Crippen molar-refractivity contribution < 1.29 is 9.84 Å². The van der Waals surface area contributed by atoms with Gasteiger partial charge in [0.15, 0.2) is 0 Å². The van der Waals surface area contributed by atoms with Crippen LogP contribution in [0.4, 0.5) is 0 Å². The van der Waals surface area contributed by atoms with E-state index in [0.717, 1.165) is 4.47 Å². The van der Waals surface area contributed by atoms with Gasteiger partial charge in [0.05, 0.1) is 19.3 Å². The highest BCUT2D eigenvalue weighted by Crippen LogP contribution is 2.27. The molecule has 4 nitrogen and oxygen atoms in total. The summed E-state index contributed by atoms with van der Waals surface area (Å²) in [5.41, 5.74) is 5.52. The van der Waals surface area contributed by atoms with Crippen LogP contribution in [0, 0.1) is 0 Å². The lowest BCUT2D eigenvalue weighted by molar-refractivity contribution is 0.202. The number of ether oxygens (including phenoxy) is 1. The van der Waals surface area contributed by atoms with Crippen molar-refractivity contribution in [3.05, 3.63) is 22.4 Å². The summed E-state index contributed by atoms with van der Waals surface area (Å²) in [5.74, 6) is 0.568. The molecule has 0 saturated carbocycles. The molecule has 0 aliphatic carbocycles. The first-order valence-corrected chi connectivity index (χ1v) is 4.90. The fourth-order valence-electron chi connectivity index (χ4n) is 1.08. The second-order valence-corrected chi connectivity index (χ2v) is 4.20. The lowest BCUT2D eigenvalue weighted by atomic mass is 9.99. The molecule has 78 valence electrons. The number of nitrogens with two attached hydrogens (primary N) is 1. The molecule has 0 radical (unpaired) electrons. The van der Waals surface area contributed by atoms with Crippen LogP contribution in [0.2, 0.25) is 0 Å². The van der Waals surface area contributed by atoms with Gasteiger partial charge in [-0.15, -0.1) is 0 Å². The molecule has 0 fully saturated rings. The van der Waals surface area contributed by atoms with E-state index in [-0.39, 0.29) is 6.61 Å². The van der Waals surface area contributed by atoms with Gasteiger partial charge in [0.2, 0.25) is 0 Å². The number of aromatic nitrogens is 1. The van der Waals surface area contributed by atoms with Gasteiger partial charge in [-0.2, -0.15) is 0 Å². The third kappa shape index (κ3) is 2.23. The van der Waals surface area contributed by atoms with Gasteiger partial charge in [0.1, 0.15) is 11.4 Å². The van der Waals surface area contributed by atoms with E-state index in [1.54, 1.807) is 26.3 Å². The van der Waals surface area contributed by atoms with E-state index in [2.05, 4.69) is 20.9 Å². The molecule has 0 saturated heterocycles. The van der Waals surface area contributed by atoms with Crippen LogP contribution in [-0.2, 0) is 5.54 Å². The Morgan fingerprint density at radius 3 is 2.86 bits per heavy atom. The average Bonchev–Trinajstić information content (AvgIpc) is 2.17. The standard InChI is InChI=1S/C9H13BrN2O2/c1-9(11,5-13)8-7(14-2)3-6(10)4-12-8/h3-4,13H,5,11H2,1-2H3. The Bertz CT molecular complexity index is 329. The minimum absolute atomic E-state index is 0.183. The smallest absolute Gasteiger partial charge is 0.143 e. The summed E-state index contributed by atoms with van der Waals surface area (Å²) in [6.07, 6.45) is 1.62. The number of hydrogen-bond acceptors (Lipinski definition) is 4. The van der Waals surface area contributed by atoms with Gasteiger partial charge in [-0.05, 0) is 28.9 Å². The molecule has 0 aromatic carbocycles. The molecule has 1 heterocycles. The van der Waals surface area contributed by atoms with Crippen molar-refractivity contribution in [1.82, 2.24) is 4.98 Å². The van der Waals surface area contributed by atoms with E-state index >= 15 is 0 Å². The van der Waals surface area contributed by atoms with Crippen molar-refractivity contribution in [2.24, 2.45) is 5.73 Å². The van der Waals surface area contributed by atoms with E-state index in [4.69, 9.17) is 15.6 Å². The lowest BCUT2D eigenvalue weighted by Crippen LogP contribution is -2.38. The number of pyridine rings is 1. The summed E-state index contributed by atoms with van der Waals surface area (Å²) >= 11 is 3.28. The van der Waals surface area contributed by atoms with E-state index in [0.29, 0.717) is 11.4 Å². The van der Waals surface area contributed by atoms with Crippen LogP contribution in [0.1, 0.15) is 12.6 Å². The van der Waals surface area contributed by atoms with E-state index < -0.39 is 5.54 Å². The number of aliphatic hydroxyl groups is 1. The fraction of sp³-hybridized carbons (Fsp3) is 0.444. The predicted molar refractivity (Wildman–Crippen MR) is 57.1 cm³/mol. The molecule has 5 heteroatoms. The zero-order valence-electron chi connectivity index (χ0n) is 8.12. The summed E-state index contributed by atoms with van der Waals surface area (Å²) in [6.45, 7) is 1.52. The summed E-state index contributed by atoms with van der Waals surface area (Å²) in [5, 5.41) is 9.10. The van der Waals surface area contributed by atoms with Crippen molar-refractivity contribution in [3.8, 4) is 5.75 Å². The normalized spacial score (nSPS) is 14.9. The molecule has 0 bridgehead atoms. The predicted octanol–water partition coefficient (Wildman–Crippen LogP) is 1.02. The summed E-state index contributed by atoms with van der Waals surface area (Å²) < 4.78 is 5.94. The molecule has 14 heavy (non-hydrogen) atoms. The zero-order chi connectivity index (χ0) is 10.8. The van der Waals surface area contributed by atoms with Crippen molar-refractivity contribution in [1.29, 1.82) is 0 Å². The lowest BCUT2D eigenvalue weighted by Gasteiger charge is -2.23. The summed E-state index contributed by atoms with van der Waals surface area (Å²) in [7, 11) is 1.54. The molecule has 1 aromatic heterocycles. The first-order chi connectivity index (χ1) is 6.51. The van der Waals surface area contributed by atoms with Gasteiger partial charge >= 0.3 is 0 Å². The number of aliphatic hydroxyl groups excluding tert-OH is 1. The van der Waals surface area contributed by atoms with Crippen LogP contribution in [0.5, 0.6) is 5.75 Å². The second kappa shape index (κ2) is 4.25. The molecule has 1 atom stereocenters. The van der Waals surface area contributed by atoms with Crippen LogP contribution in [0.3, 0.4) is 0 Å². The first kappa shape index (κ1) is 11.4. The van der Waals surface area contributed by atoms with Gasteiger partial charge < -0.3 is 15.6 Å². The van der Waals surface area contributed by atoms with Gasteiger partial charge in [0.25, 0.3) is 0 Å². The third-order valence-electron chi connectivity index (χ3n) is 1.91. The van der Waals surface area contributed by atoms with Crippen LogP contribution in [0.25, 0.3) is 0 Å². The van der Waals surface area contributed by atoms with Gasteiger partial charge in [-0.1, -0.05) is 0 Å². The summed E-state index contributed by atoms with van der Waals surface area (Å²) in [6, 6.07) is 1.77.